The molecule has 6 heteroatoms. The summed E-state index contributed by atoms with van der Waals surface area (Å²) in [5.74, 6) is 1.56. The minimum Gasteiger partial charge on any atom is -0.339 e. The first-order valence-electron chi connectivity index (χ1n) is 8.51. The Morgan fingerprint density at radius 3 is 2.67 bits per heavy atom. The molecule has 2 saturated heterocycles. The quantitative estimate of drug-likeness (QED) is 0.860. The van der Waals surface area contributed by atoms with Gasteiger partial charge in [-0.1, -0.05) is 22.0 Å². The van der Waals surface area contributed by atoms with Crippen LogP contribution >= 0.6 is 15.9 Å². The van der Waals surface area contributed by atoms with E-state index in [0.717, 1.165) is 61.0 Å². The predicted molar refractivity (Wildman–Crippen MR) is 96.3 cm³/mol. The molecule has 3 heterocycles. The highest BCUT2D eigenvalue weighted by Gasteiger charge is 2.31. The van der Waals surface area contributed by atoms with E-state index in [-0.39, 0.29) is 5.91 Å². The Balaban J connectivity index is 1.49. The third kappa shape index (κ3) is 3.13. The molecule has 0 aliphatic carbocycles. The number of rotatable bonds is 2. The number of halogens is 1. The summed E-state index contributed by atoms with van der Waals surface area (Å²) in [4.78, 5) is 14.8. The second-order valence-electron chi connectivity index (χ2n) is 6.70. The molecule has 1 aromatic carbocycles. The lowest BCUT2D eigenvalue weighted by Crippen LogP contribution is -2.32. The third-order valence-corrected chi connectivity index (χ3v) is 5.70. The van der Waals surface area contributed by atoms with Crippen molar-refractivity contribution in [2.75, 3.05) is 26.2 Å². The monoisotopic (exact) mass is 388 g/mol. The average Bonchev–Trinajstić information content (AvgIpc) is 3.20. The van der Waals surface area contributed by atoms with Gasteiger partial charge in [0.05, 0.1) is 17.4 Å². The second-order valence-corrected chi connectivity index (χ2v) is 7.62. The van der Waals surface area contributed by atoms with Gasteiger partial charge in [0.1, 0.15) is 0 Å². The lowest BCUT2D eigenvalue weighted by atomic mass is 9.92. The Morgan fingerprint density at radius 2 is 1.96 bits per heavy atom. The van der Waals surface area contributed by atoms with Crippen LogP contribution in [0.3, 0.4) is 0 Å². The highest BCUT2D eigenvalue weighted by molar-refractivity contribution is 9.10. The van der Waals surface area contributed by atoms with Crippen molar-refractivity contribution in [3.05, 3.63) is 46.7 Å². The van der Waals surface area contributed by atoms with Crippen molar-refractivity contribution in [2.24, 2.45) is 11.8 Å². The number of nitrogens with zero attached hydrogens (tertiary/aromatic N) is 3. The molecule has 0 spiro atoms. The van der Waals surface area contributed by atoms with E-state index in [1.807, 2.05) is 35.4 Å². The molecule has 2 aliphatic heterocycles. The SMILES string of the molecule is O=C(c1cnn(-c2cccc(Br)c2)c1)N1CC[C@@H]2CNC[C@@H]2CC1. The van der Waals surface area contributed by atoms with Crippen LogP contribution in [0.5, 0.6) is 0 Å². The van der Waals surface area contributed by atoms with Crippen molar-refractivity contribution >= 4 is 21.8 Å². The molecule has 1 amide bonds. The zero-order valence-electron chi connectivity index (χ0n) is 13.5. The van der Waals surface area contributed by atoms with Gasteiger partial charge in [0.2, 0.25) is 0 Å². The summed E-state index contributed by atoms with van der Waals surface area (Å²) in [6, 6.07) is 7.90. The number of nitrogens with one attached hydrogen (secondary N) is 1. The van der Waals surface area contributed by atoms with Crippen LogP contribution in [-0.4, -0.2) is 46.8 Å². The Bertz CT molecular complexity index is 730. The van der Waals surface area contributed by atoms with Crippen LogP contribution < -0.4 is 5.32 Å². The van der Waals surface area contributed by atoms with Crippen LogP contribution in [0.4, 0.5) is 0 Å². The largest absolute Gasteiger partial charge is 0.339 e. The molecule has 2 aromatic rings. The second kappa shape index (κ2) is 6.69. The molecule has 0 saturated carbocycles. The van der Waals surface area contributed by atoms with Gasteiger partial charge in [0, 0.05) is 23.8 Å². The Hall–Kier alpha value is -1.66. The van der Waals surface area contributed by atoms with Gasteiger partial charge >= 0.3 is 0 Å². The van der Waals surface area contributed by atoms with Crippen molar-refractivity contribution in [1.82, 2.24) is 20.0 Å². The van der Waals surface area contributed by atoms with Crippen molar-refractivity contribution in [3.63, 3.8) is 0 Å². The lowest BCUT2D eigenvalue weighted by molar-refractivity contribution is 0.0758. The number of likely N-dealkylation sites (tertiary alicyclic amines) is 1. The van der Waals surface area contributed by atoms with Gasteiger partial charge in [0.25, 0.3) is 5.91 Å². The van der Waals surface area contributed by atoms with Crippen LogP contribution in [0.15, 0.2) is 41.1 Å². The van der Waals surface area contributed by atoms with E-state index >= 15 is 0 Å². The fraction of sp³-hybridized carbons (Fsp3) is 0.444. The van der Waals surface area contributed by atoms with Crippen LogP contribution in [0.2, 0.25) is 0 Å². The van der Waals surface area contributed by atoms with E-state index in [0.29, 0.717) is 5.56 Å². The summed E-state index contributed by atoms with van der Waals surface area (Å²) < 4.78 is 2.75. The van der Waals surface area contributed by atoms with E-state index < -0.39 is 0 Å². The molecular formula is C18H21BrN4O. The van der Waals surface area contributed by atoms with Gasteiger partial charge in [-0.3, -0.25) is 4.79 Å². The molecule has 1 N–H and O–H groups in total. The first kappa shape index (κ1) is 15.8. The molecule has 2 fully saturated rings. The van der Waals surface area contributed by atoms with Gasteiger partial charge in [-0.2, -0.15) is 5.10 Å². The van der Waals surface area contributed by atoms with Crippen molar-refractivity contribution in [3.8, 4) is 5.69 Å². The first-order chi connectivity index (χ1) is 11.7. The van der Waals surface area contributed by atoms with E-state index in [1.165, 1.54) is 0 Å². The van der Waals surface area contributed by atoms with Crippen LogP contribution in [0.1, 0.15) is 23.2 Å². The average molecular weight is 389 g/mol. The van der Waals surface area contributed by atoms with E-state index in [2.05, 4.69) is 26.3 Å². The molecule has 0 radical (unpaired) electrons. The van der Waals surface area contributed by atoms with Gasteiger partial charge in [0.15, 0.2) is 0 Å². The fourth-order valence-corrected chi connectivity index (χ4v) is 4.18. The summed E-state index contributed by atoms with van der Waals surface area (Å²) >= 11 is 3.47. The lowest BCUT2D eigenvalue weighted by Gasteiger charge is -2.20. The molecule has 0 unspecified atom stereocenters. The molecule has 24 heavy (non-hydrogen) atoms. The number of benzene rings is 1. The van der Waals surface area contributed by atoms with Crippen LogP contribution in [0, 0.1) is 11.8 Å². The summed E-state index contributed by atoms with van der Waals surface area (Å²) in [5, 5.41) is 7.84. The molecule has 0 bridgehead atoms. The molecule has 2 atom stereocenters. The number of carbonyl (C=O) groups is 1. The van der Waals surface area contributed by atoms with E-state index in [4.69, 9.17) is 0 Å². The number of amides is 1. The molecule has 1 aromatic heterocycles. The Labute approximate surface area is 150 Å². The Kier molecular flexibility index (Phi) is 4.41. The van der Waals surface area contributed by atoms with Crippen LogP contribution in [0.25, 0.3) is 5.69 Å². The van der Waals surface area contributed by atoms with Crippen molar-refractivity contribution in [1.29, 1.82) is 0 Å². The maximum Gasteiger partial charge on any atom is 0.257 e. The standard InChI is InChI=1S/C18H21BrN4O/c19-16-2-1-3-17(8-16)23-12-15(11-21-23)18(24)22-6-4-13-9-20-10-14(13)5-7-22/h1-3,8,11-14,20H,4-7,9-10H2/t13-,14+. The van der Waals surface area contributed by atoms with Crippen LogP contribution in [-0.2, 0) is 0 Å². The minimum absolute atomic E-state index is 0.101. The number of aromatic nitrogens is 2. The summed E-state index contributed by atoms with van der Waals surface area (Å²) in [5.41, 5.74) is 1.61. The zero-order chi connectivity index (χ0) is 16.5. The topological polar surface area (TPSA) is 50.2 Å². The predicted octanol–water partition coefficient (Wildman–Crippen LogP) is 2.71. The maximum absolute atomic E-state index is 12.8. The number of fused-ring (bicyclic) bond motifs is 1. The van der Waals surface area contributed by atoms with Gasteiger partial charge in [-0.05, 0) is 56.0 Å². The Morgan fingerprint density at radius 1 is 1.21 bits per heavy atom. The van der Waals surface area contributed by atoms with E-state index in [1.54, 1.807) is 10.9 Å². The highest BCUT2D eigenvalue weighted by Crippen LogP contribution is 2.27. The minimum atomic E-state index is 0.101. The molecule has 126 valence electrons. The molecule has 2 aliphatic rings. The summed E-state index contributed by atoms with van der Waals surface area (Å²) in [6.07, 6.45) is 5.71. The normalized spacial score (nSPS) is 23.8. The summed E-state index contributed by atoms with van der Waals surface area (Å²) in [6.45, 7) is 3.91. The van der Waals surface area contributed by atoms with Crippen molar-refractivity contribution in [2.45, 2.75) is 12.8 Å². The van der Waals surface area contributed by atoms with Crippen molar-refractivity contribution < 1.29 is 4.79 Å². The molecule has 5 nitrogen and oxygen atoms in total. The summed E-state index contributed by atoms with van der Waals surface area (Å²) in [7, 11) is 0. The molecule has 4 rings (SSSR count). The number of carbonyl (C=O) groups excluding carboxylic acids is 1. The van der Waals surface area contributed by atoms with E-state index in [9.17, 15) is 4.79 Å². The highest BCUT2D eigenvalue weighted by atomic mass is 79.9. The fourth-order valence-electron chi connectivity index (χ4n) is 3.80. The number of hydrogen-bond acceptors (Lipinski definition) is 3. The van der Waals surface area contributed by atoms with Gasteiger partial charge in [-0.15, -0.1) is 0 Å². The maximum atomic E-state index is 12.8. The smallest absolute Gasteiger partial charge is 0.257 e. The van der Waals surface area contributed by atoms with Gasteiger partial charge in [-0.25, -0.2) is 4.68 Å². The number of hydrogen-bond donors (Lipinski definition) is 1. The molecular weight excluding hydrogens is 368 g/mol. The zero-order valence-corrected chi connectivity index (χ0v) is 15.1. The third-order valence-electron chi connectivity index (χ3n) is 5.21. The first-order valence-corrected chi connectivity index (χ1v) is 9.30. The van der Waals surface area contributed by atoms with Gasteiger partial charge < -0.3 is 10.2 Å².